The first-order chi connectivity index (χ1) is 13.5. The number of allylic oxidation sites excluding steroid dienone is 1. The van der Waals surface area contributed by atoms with Crippen LogP contribution in [0.15, 0.2) is 34.2 Å². The van der Waals surface area contributed by atoms with E-state index in [0.29, 0.717) is 15.2 Å². The van der Waals surface area contributed by atoms with Crippen LogP contribution in [0.1, 0.15) is 49.6 Å². The minimum absolute atomic E-state index is 0.0151. The number of hydrogen-bond acceptors (Lipinski definition) is 6. The average Bonchev–Trinajstić information content (AvgIpc) is 3.25. The van der Waals surface area contributed by atoms with Gasteiger partial charge in [0.05, 0.1) is 4.91 Å². The third kappa shape index (κ3) is 3.89. The zero-order valence-electron chi connectivity index (χ0n) is 15.8. The molecule has 28 heavy (non-hydrogen) atoms. The highest BCUT2D eigenvalue weighted by molar-refractivity contribution is 8.18. The third-order valence-electron chi connectivity index (χ3n) is 5.08. The van der Waals surface area contributed by atoms with Gasteiger partial charge in [-0.25, -0.2) is 4.39 Å². The third-order valence-corrected chi connectivity index (χ3v) is 6.96. The van der Waals surface area contributed by atoms with Gasteiger partial charge in [0.25, 0.3) is 5.91 Å². The monoisotopic (exact) mass is 416 g/mol. The minimum atomic E-state index is -0.287. The number of aryl methyl sites for hydroxylation is 1. The van der Waals surface area contributed by atoms with E-state index in [1.807, 2.05) is 18.7 Å². The van der Waals surface area contributed by atoms with Gasteiger partial charge in [-0.05, 0) is 61.7 Å². The Kier molecular flexibility index (Phi) is 5.59. The van der Waals surface area contributed by atoms with E-state index >= 15 is 0 Å². The summed E-state index contributed by atoms with van der Waals surface area (Å²) < 4.78 is 13.3. The fourth-order valence-electron chi connectivity index (χ4n) is 3.60. The van der Waals surface area contributed by atoms with Gasteiger partial charge < -0.3 is 0 Å². The highest BCUT2D eigenvalue weighted by Crippen LogP contribution is 2.41. The van der Waals surface area contributed by atoms with Gasteiger partial charge in [-0.15, -0.1) is 10.2 Å². The molecule has 2 aromatic rings. The van der Waals surface area contributed by atoms with Crippen molar-refractivity contribution in [3.63, 3.8) is 0 Å². The first-order valence-electron chi connectivity index (χ1n) is 9.40. The molecule has 1 saturated carbocycles. The SMILES string of the molecule is C/C(=C1/S/C(=N/c2nnc(C)s2)N(C2CCCCC2)C1=O)c1ccc(F)cc1. The number of rotatable bonds is 3. The van der Waals surface area contributed by atoms with Crippen LogP contribution in [-0.2, 0) is 4.79 Å². The molecule has 0 atom stereocenters. The number of benzene rings is 1. The average molecular weight is 417 g/mol. The molecule has 5 nitrogen and oxygen atoms in total. The molecule has 2 fully saturated rings. The summed E-state index contributed by atoms with van der Waals surface area (Å²) in [4.78, 5) is 20.5. The Morgan fingerprint density at radius 2 is 1.89 bits per heavy atom. The normalized spacial score (nSPS) is 21.6. The quantitative estimate of drug-likeness (QED) is 0.636. The van der Waals surface area contributed by atoms with E-state index in [1.54, 1.807) is 12.1 Å². The predicted molar refractivity (Wildman–Crippen MR) is 112 cm³/mol. The highest BCUT2D eigenvalue weighted by Gasteiger charge is 2.40. The Labute approximate surface area is 171 Å². The molecule has 0 unspecified atom stereocenters. The summed E-state index contributed by atoms with van der Waals surface area (Å²) in [5, 5.41) is 10.2. The Bertz CT molecular complexity index is 945. The predicted octanol–water partition coefficient (Wildman–Crippen LogP) is 5.31. The summed E-state index contributed by atoms with van der Waals surface area (Å²) in [6, 6.07) is 6.42. The van der Waals surface area contributed by atoms with Crippen molar-refractivity contribution in [1.29, 1.82) is 0 Å². The Morgan fingerprint density at radius 3 is 2.54 bits per heavy atom. The molecule has 2 heterocycles. The molecule has 1 aliphatic carbocycles. The number of aromatic nitrogens is 2. The van der Waals surface area contributed by atoms with Crippen molar-refractivity contribution in [2.45, 2.75) is 52.0 Å². The maximum atomic E-state index is 13.4. The van der Waals surface area contributed by atoms with E-state index in [1.165, 1.54) is 41.7 Å². The molecule has 1 aromatic heterocycles. The van der Waals surface area contributed by atoms with Crippen molar-refractivity contribution in [1.82, 2.24) is 15.1 Å². The summed E-state index contributed by atoms with van der Waals surface area (Å²) in [5.41, 5.74) is 1.68. The standard InChI is InChI=1S/C20H21FN4OS2/c1-12(14-8-10-15(21)11-9-14)17-18(26)25(16-6-4-3-5-7-16)20(28-17)22-19-24-23-13(2)27-19/h8-11,16H,3-7H2,1-2H3/b17-12-,22-20+. The molecule has 0 N–H and O–H groups in total. The second kappa shape index (κ2) is 8.13. The van der Waals surface area contributed by atoms with E-state index in [2.05, 4.69) is 15.2 Å². The van der Waals surface area contributed by atoms with Gasteiger partial charge in [-0.3, -0.25) is 9.69 Å². The Hall–Kier alpha value is -2.06. The van der Waals surface area contributed by atoms with Crippen molar-refractivity contribution >= 4 is 44.9 Å². The molecular weight excluding hydrogens is 395 g/mol. The largest absolute Gasteiger partial charge is 0.283 e. The van der Waals surface area contributed by atoms with E-state index in [9.17, 15) is 9.18 Å². The van der Waals surface area contributed by atoms with Gasteiger partial charge in [0.2, 0.25) is 5.13 Å². The second-order valence-corrected chi connectivity index (χ2v) is 9.17. The smallest absolute Gasteiger partial charge is 0.267 e. The van der Waals surface area contributed by atoms with Crippen LogP contribution in [0, 0.1) is 12.7 Å². The van der Waals surface area contributed by atoms with E-state index in [0.717, 1.165) is 41.8 Å². The lowest BCUT2D eigenvalue weighted by Gasteiger charge is -2.30. The zero-order chi connectivity index (χ0) is 19.7. The molecule has 146 valence electrons. The van der Waals surface area contributed by atoms with E-state index < -0.39 is 0 Å². The molecule has 0 spiro atoms. The number of amides is 1. The van der Waals surface area contributed by atoms with Crippen LogP contribution in [0.3, 0.4) is 0 Å². The molecule has 1 saturated heterocycles. The Balaban J connectivity index is 1.73. The van der Waals surface area contributed by atoms with Gasteiger partial charge in [0.1, 0.15) is 10.8 Å². The fraction of sp³-hybridized carbons (Fsp3) is 0.400. The number of hydrogen-bond donors (Lipinski definition) is 0. The van der Waals surface area contributed by atoms with Crippen molar-refractivity contribution in [2.24, 2.45) is 4.99 Å². The molecule has 0 radical (unpaired) electrons. The second-order valence-electron chi connectivity index (χ2n) is 7.03. The number of carbonyl (C=O) groups is 1. The van der Waals surface area contributed by atoms with Gasteiger partial charge in [-0.1, -0.05) is 42.7 Å². The van der Waals surface area contributed by atoms with E-state index in [-0.39, 0.29) is 17.8 Å². The fourth-order valence-corrected chi connectivity index (χ4v) is 5.32. The number of thioether (sulfide) groups is 1. The molecule has 1 aromatic carbocycles. The van der Waals surface area contributed by atoms with Crippen LogP contribution < -0.4 is 0 Å². The molecule has 2 aliphatic rings. The van der Waals surface area contributed by atoms with Crippen LogP contribution >= 0.6 is 23.1 Å². The van der Waals surface area contributed by atoms with Crippen molar-refractivity contribution in [3.8, 4) is 0 Å². The maximum absolute atomic E-state index is 13.4. The summed E-state index contributed by atoms with van der Waals surface area (Å²) in [7, 11) is 0. The first kappa shape index (κ1) is 19.3. The number of nitrogens with zero attached hydrogens (tertiary/aromatic N) is 4. The van der Waals surface area contributed by atoms with Gasteiger partial charge >= 0.3 is 0 Å². The van der Waals surface area contributed by atoms with Crippen molar-refractivity contribution < 1.29 is 9.18 Å². The first-order valence-corrected chi connectivity index (χ1v) is 11.0. The molecule has 1 amide bonds. The minimum Gasteiger partial charge on any atom is -0.283 e. The number of carbonyl (C=O) groups excluding carboxylic acids is 1. The van der Waals surface area contributed by atoms with Crippen LogP contribution in [0.2, 0.25) is 0 Å². The number of aliphatic imine (C=N–C) groups is 1. The Morgan fingerprint density at radius 1 is 1.18 bits per heavy atom. The van der Waals surface area contributed by atoms with Crippen molar-refractivity contribution in [2.75, 3.05) is 0 Å². The molecule has 8 heteroatoms. The number of halogens is 1. The molecule has 4 rings (SSSR count). The molecular formula is C20H21FN4OS2. The van der Waals surface area contributed by atoms with Crippen LogP contribution in [0.25, 0.3) is 5.57 Å². The molecule has 1 aliphatic heterocycles. The lowest BCUT2D eigenvalue weighted by atomic mass is 9.94. The van der Waals surface area contributed by atoms with Gasteiger partial charge in [0, 0.05) is 6.04 Å². The van der Waals surface area contributed by atoms with Gasteiger partial charge in [0.15, 0.2) is 5.17 Å². The van der Waals surface area contributed by atoms with Crippen LogP contribution in [-0.4, -0.2) is 32.2 Å². The lowest BCUT2D eigenvalue weighted by Crippen LogP contribution is -2.40. The molecule has 0 bridgehead atoms. The summed E-state index contributed by atoms with van der Waals surface area (Å²) in [6.07, 6.45) is 5.44. The highest BCUT2D eigenvalue weighted by atomic mass is 32.2. The van der Waals surface area contributed by atoms with Crippen LogP contribution in [0.4, 0.5) is 9.52 Å². The maximum Gasteiger partial charge on any atom is 0.267 e. The van der Waals surface area contributed by atoms with Crippen LogP contribution in [0.5, 0.6) is 0 Å². The summed E-state index contributed by atoms with van der Waals surface area (Å²) in [6.45, 7) is 3.79. The summed E-state index contributed by atoms with van der Waals surface area (Å²) in [5.74, 6) is -0.302. The van der Waals surface area contributed by atoms with Gasteiger partial charge in [-0.2, -0.15) is 4.99 Å². The number of amidine groups is 1. The summed E-state index contributed by atoms with van der Waals surface area (Å²) >= 11 is 2.80. The zero-order valence-corrected chi connectivity index (χ0v) is 17.4. The lowest BCUT2D eigenvalue weighted by molar-refractivity contribution is -0.124. The van der Waals surface area contributed by atoms with Crippen molar-refractivity contribution in [3.05, 3.63) is 45.6 Å². The van der Waals surface area contributed by atoms with E-state index in [4.69, 9.17) is 0 Å². The topological polar surface area (TPSA) is 58.5 Å².